The lowest BCUT2D eigenvalue weighted by Crippen LogP contribution is -2.45. The number of carbonyl (C=O) groups excluding carboxylic acids is 2. The Labute approximate surface area is 494 Å². The van der Waals surface area contributed by atoms with Gasteiger partial charge in [-0.15, -0.1) is 0 Å². The number of allylic oxidation sites excluding steroid dienone is 5. The predicted octanol–water partition coefficient (Wildman–Crippen LogP) is 23.1. The van der Waals surface area contributed by atoms with Gasteiger partial charge in [0.1, 0.15) is 0 Å². The highest BCUT2D eigenvalue weighted by Crippen LogP contribution is 2.18. The zero-order valence-electron chi connectivity index (χ0n) is 53.4. The fraction of sp³-hybridized carbons (Fsp3) is 0.890. The maximum absolute atomic E-state index is 12.5. The molecule has 0 aliphatic rings. The van der Waals surface area contributed by atoms with Gasteiger partial charge >= 0.3 is 5.97 Å². The van der Waals surface area contributed by atoms with Crippen molar-refractivity contribution in [3.8, 4) is 0 Å². The smallest absolute Gasteiger partial charge is 0.305 e. The molecule has 1 amide bonds. The highest BCUT2D eigenvalue weighted by Gasteiger charge is 2.18. The summed E-state index contributed by atoms with van der Waals surface area (Å²) in [7, 11) is 0. The van der Waals surface area contributed by atoms with Gasteiger partial charge in [-0.25, -0.2) is 0 Å². The minimum absolute atomic E-state index is 0.0195. The molecule has 0 rings (SSSR count). The number of rotatable bonds is 67. The first kappa shape index (κ1) is 77.1. The second-order valence-corrected chi connectivity index (χ2v) is 24.6. The molecule has 0 aromatic heterocycles. The lowest BCUT2D eigenvalue weighted by molar-refractivity contribution is -0.143. The van der Waals surface area contributed by atoms with E-state index in [0.29, 0.717) is 19.4 Å². The quantitative estimate of drug-likeness (QED) is 0.0320. The second kappa shape index (κ2) is 68.6. The number of carbonyl (C=O) groups is 2. The Bertz CT molecular complexity index is 1280. The van der Waals surface area contributed by atoms with E-state index in [1.54, 1.807) is 6.08 Å². The molecule has 79 heavy (non-hydrogen) atoms. The van der Waals surface area contributed by atoms with Gasteiger partial charge in [0.05, 0.1) is 25.4 Å². The largest absolute Gasteiger partial charge is 0.466 e. The van der Waals surface area contributed by atoms with Crippen LogP contribution in [0.2, 0.25) is 0 Å². The van der Waals surface area contributed by atoms with Gasteiger partial charge in [0.15, 0.2) is 0 Å². The molecule has 2 unspecified atom stereocenters. The van der Waals surface area contributed by atoms with Crippen molar-refractivity contribution in [3.05, 3.63) is 36.5 Å². The molecule has 0 aliphatic carbocycles. The molecule has 0 saturated heterocycles. The van der Waals surface area contributed by atoms with E-state index in [1.165, 1.54) is 321 Å². The zero-order valence-corrected chi connectivity index (χ0v) is 53.4. The fourth-order valence-corrected chi connectivity index (χ4v) is 11.2. The van der Waals surface area contributed by atoms with Crippen LogP contribution < -0.4 is 5.32 Å². The molecule has 0 fully saturated rings. The molecule has 6 heteroatoms. The molecular formula is C73H139NO5. The van der Waals surface area contributed by atoms with Crippen molar-refractivity contribution in [2.45, 2.75) is 405 Å². The van der Waals surface area contributed by atoms with Gasteiger partial charge in [0.2, 0.25) is 5.91 Å². The number of aliphatic hydroxyl groups is 2. The third-order valence-electron chi connectivity index (χ3n) is 16.7. The Kier molecular flexibility index (Phi) is 66.9. The molecule has 0 radical (unpaired) electrons. The van der Waals surface area contributed by atoms with Crippen LogP contribution in [-0.4, -0.2) is 47.4 Å². The van der Waals surface area contributed by atoms with Gasteiger partial charge in [-0.05, 0) is 64.2 Å². The van der Waals surface area contributed by atoms with Crippen LogP contribution >= 0.6 is 0 Å². The molecule has 0 heterocycles. The Morgan fingerprint density at radius 2 is 0.633 bits per heavy atom. The normalized spacial score (nSPS) is 12.7. The third-order valence-corrected chi connectivity index (χ3v) is 16.7. The van der Waals surface area contributed by atoms with Gasteiger partial charge in [-0.1, -0.05) is 352 Å². The SMILES string of the molecule is CCCCCCCCCCCCC/C=C/C(O)C(CO)NC(=O)CCCCCCCCCCCCCCCCCCC/C=C\C/C=C\CCCCCCCCCCCCCCCOC(=O)CCCCCCCCCCCCCC. The van der Waals surface area contributed by atoms with Gasteiger partial charge in [-0.2, -0.15) is 0 Å². The average Bonchev–Trinajstić information content (AvgIpc) is 3.45. The van der Waals surface area contributed by atoms with Crippen LogP contribution in [0.4, 0.5) is 0 Å². The molecule has 3 N–H and O–H groups in total. The lowest BCUT2D eigenvalue weighted by atomic mass is 10.0. The highest BCUT2D eigenvalue weighted by molar-refractivity contribution is 5.76. The van der Waals surface area contributed by atoms with Crippen LogP contribution in [0.25, 0.3) is 0 Å². The van der Waals surface area contributed by atoms with E-state index in [9.17, 15) is 19.8 Å². The number of hydrogen-bond donors (Lipinski definition) is 3. The summed E-state index contributed by atoms with van der Waals surface area (Å²) < 4.78 is 5.48. The number of ether oxygens (including phenoxy) is 1. The maximum Gasteiger partial charge on any atom is 0.305 e. The highest BCUT2D eigenvalue weighted by atomic mass is 16.5. The van der Waals surface area contributed by atoms with E-state index in [1.807, 2.05) is 6.08 Å². The molecule has 0 saturated carbocycles. The van der Waals surface area contributed by atoms with Crippen molar-refractivity contribution >= 4 is 11.9 Å². The summed E-state index contributed by atoms with van der Waals surface area (Å²) in [6.07, 6.45) is 88.2. The monoisotopic (exact) mass is 1110 g/mol. The molecule has 0 aromatic carbocycles. The topological polar surface area (TPSA) is 95.9 Å². The van der Waals surface area contributed by atoms with E-state index < -0.39 is 12.1 Å². The standard InChI is InChI=1S/C73H139NO5/c1-3-5-7-9-11-13-15-42-45-49-53-57-61-65-71(76)70(69-75)74-72(77)66-62-58-54-50-46-43-40-38-36-34-32-30-28-26-24-22-20-18-17-19-21-23-25-27-29-31-33-35-37-39-41-44-48-52-56-60-64-68-79-73(78)67-63-59-55-51-47-16-14-12-10-8-6-4-2/h17,19,23,25,61,65,70-71,75-76H,3-16,18,20-22,24,26-60,62-64,66-69H2,1-2H3,(H,74,77)/b19-17-,25-23-,65-61+. The Balaban J connectivity index is 3.36. The summed E-state index contributed by atoms with van der Waals surface area (Å²) in [5.74, 6) is -0.0444. The van der Waals surface area contributed by atoms with Crippen molar-refractivity contribution in [1.82, 2.24) is 5.32 Å². The number of esters is 1. The van der Waals surface area contributed by atoms with Crippen LogP contribution in [0.3, 0.4) is 0 Å². The van der Waals surface area contributed by atoms with Crippen LogP contribution in [0.1, 0.15) is 393 Å². The maximum atomic E-state index is 12.5. The minimum Gasteiger partial charge on any atom is -0.466 e. The summed E-state index contributed by atoms with van der Waals surface area (Å²) in [6, 6.07) is -0.625. The van der Waals surface area contributed by atoms with E-state index in [4.69, 9.17) is 4.74 Å². The number of hydrogen-bond acceptors (Lipinski definition) is 5. The van der Waals surface area contributed by atoms with Crippen molar-refractivity contribution in [2.75, 3.05) is 13.2 Å². The fourth-order valence-electron chi connectivity index (χ4n) is 11.2. The predicted molar refractivity (Wildman–Crippen MR) is 347 cm³/mol. The van der Waals surface area contributed by atoms with Crippen molar-refractivity contribution in [1.29, 1.82) is 0 Å². The Morgan fingerprint density at radius 1 is 0.354 bits per heavy atom. The summed E-state index contributed by atoms with van der Waals surface area (Å²) >= 11 is 0. The van der Waals surface area contributed by atoms with E-state index in [2.05, 4.69) is 43.5 Å². The zero-order chi connectivity index (χ0) is 57.1. The van der Waals surface area contributed by atoms with Gasteiger partial charge in [-0.3, -0.25) is 9.59 Å². The summed E-state index contributed by atoms with van der Waals surface area (Å²) in [5, 5.41) is 23.1. The van der Waals surface area contributed by atoms with E-state index in [-0.39, 0.29) is 18.5 Å². The Hall–Kier alpha value is -1.92. The van der Waals surface area contributed by atoms with Gasteiger partial charge in [0, 0.05) is 12.8 Å². The molecule has 0 spiro atoms. The minimum atomic E-state index is -0.842. The molecule has 0 bridgehead atoms. The van der Waals surface area contributed by atoms with Crippen molar-refractivity contribution < 1.29 is 24.5 Å². The number of amides is 1. The molecule has 0 aromatic rings. The summed E-state index contributed by atoms with van der Waals surface area (Å²) in [5.41, 5.74) is 0. The van der Waals surface area contributed by atoms with E-state index >= 15 is 0 Å². The summed E-state index contributed by atoms with van der Waals surface area (Å²) in [4.78, 5) is 24.5. The average molecular weight is 1110 g/mol. The van der Waals surface area contributed by atoms with Crippen LogP contribution in [-0.2, 0) is 14.3 Å². The second-order valence-electron chi connectivity index (χ2n) is 24.6. The Morgan fingerprint density at radius 3 is 0.962 bits per heavy atom. The van der Waals surface area contributed by atoms with Crippen molar-refractivity contribution in [2.24, 2.45) is 0 Å². The molecule has 466 valence electrons. The first-order valence-corrected chi connectivity index (χ1v) is 35.8. The van der Waals surface area contributed by atoms with E-state index in [0.717, 1.165) is 44.9 Å². The molecule has 2 atom stereocenters. The third kappa shape index (κ3) is 65.1. The van der Waals surface area contributed by atoms with Gasteiger partial charge < -0.3 is 20.3 Å². The van der Waals surface area contributed by atoms with Crippen molar-refractivity contribution in [3.63, 3.8) is 0 Å². The number of nitrogens with one attached hydrogen (secondary N) is 1. The lowest BCUT2D eigenvalue weighted by Gasteiger charge is -2.20. The number of aliphatic hydroxyl groups excluding tert-OH is 2. The van der Waals surface area contributed by atoms with Crippen LogP contribution in [0.5, 0.6) is 0 Å². The first-order valence-electron chi connectivity index (χ1n) is 35.8. The van der Waals surface area contributed by atoms with Gasteiger partial charge in [0.25, 0.3) is 0 Å². The van der Waals surface area contributed by atoms with Crippen LogP contribution in [0, 0.1) is 0 Å². The molecule has 6 nitrogen and oxygen atoms in total. The van der Waals surface area contributed by atoms with Crippen LogP contribution in [0.15, 0.2) is 36.5 Å². The molecule has 0 aliphatic heterocycles. The summed E-state index contributed by atoms with van der Waals surface area (Å²) in [6.45, 7) is 4.92. The molecular weight excluding hydrogens is 971 g/mol. The number of unbranched alkanes of at least 4 members (excludes halogenated alkanes) is 52. The first-order chi connectivity index (χ1) is 39.0.